The molecule has 1 aromatic carbocycles. The molecule has 112 valence electrons. The number of benzene rings is 1. The van der Waals surface area contributed by atoms with Crippen LogP contribution in [-0.4, -0.2) is 48.1 Å². The van der Waals surface area contributed by atoms with Crippen molar-refractivity contribution < 1.29 is 23.4 Å². The molecular weight excluding hydrogens is 350 g/mol. The summed E-state index contributed by atoms with van der Waals surface area (Å²) in [5.74, 6) is -1.22. The summed E-state index contributed by atoms with van der Waals surface area (Å²) in [4.78, 5) is 10.9. The zero-order chi connectivity index (χ0) is 15.7. The Labute approximate surface area is 126 Å². The molecule has 0 bridgehead atoms. The number of rotatable bonds is 5. The summed E-state index contributed by atoms with van der Waals surface area (Å²) in [5.41, 5.74) is -1.13. The van der Waals surface area contributed by atoms with Crippen molar-refractivity contribution >= 4 is 31.9 Å². The first-order chi connectivity index (χ1) is 9.04. The molecule has 0 aromatic heterocycles. The molecule has 0 atom stereocenters. The van der Waals surface area contributed by atoms with Gasteiger partial charge in [0.1, 0.15) is 0 Å². The lowest BCUT2D eigenvalue weighted by atomic mass is 10.1. The topological polar surface area (TPSA) is 94.9 Å². The van der Waals surface area contributed by atoms with Crippen LogP contribution in [0.2, 0.25) is 0 Å². The maximum absolute atomic E-state index is 12.4. The Morgan fingerprint density at radius 1 is 1.40 bits per heavy atom. The van der Waals surface area contributed by atoms with Gasteiger partial charge in [0.05, 0.1) is 22.6 Å². The molecule has 0 heterocycles. The minimum Gasteiger partial charge on any atom is -0.478 e. The van der Waals surface area contributed by atoms with E-state index in [1.807, 2.05) is 0 Å². The molecule has 0 aliphatic heterocycles. The fraction of sp³-hybridized carbons (Fsp3) is 0.417. The molecule has 0 fully saturated rings. The van der Waals surface area contributed by atoms with Gasteiger partial charge in [-0.25, -0.2) is 13.2 Å². The number of aromatic carboxylic acids is 1. The average molecular weight is 366 g/mol. The quantitative estimate of drug-likeness (QED) is 0.824. The minimum absolute atomic E-state index is 0.137. The molecule has 2 N–H and O–H groups in total. The largest absolute Gasteiger partial charge is 0.478 e. The maximum Gasteiger partial charge on any atom is 0.336 e. The number of likely N-dealkylation sites (N-methyl/N-ethyl adjacent to an activating group) is 1. The van der Waals surface area contributed by atoms with Crippen LogP contribution in [0.1, 0.15) is 24.2 Å². The number of hydrogen-bond acceptors (Lipinski definition) is 4. The van der Waals surface area contributed by atoms with E-state index in [0.29, 0.717) is 4.47 Å². The van der Waals surface area contributed by atoms with E-state index in [-0.39, 0.29) is 17.1 Å². The molecule has 20 heavy (non-hydrogen) atoms. The van der Waals surface area contributed by atoms with E-state index in [1.54, 1.807) is 13.8 Å². The molecule has 8 heteroatoms. The minimum atomic E-state index is -3.89. The number of halogens is 1. The number of carboxylic acid groups (broad SMARTS) is 1. The van der Waals surface area contributed by atoms with Gasteiger partial charge in [0.15, 0.2) is 0 Å². The monoisotopic (exact) mass is 365 g/mol. The van der Waals surface area contributed by atoms with Crippen LogP contribution >= 0.6 is 15.9 Å². The van der Waals surface area contributed by atoms with Crippen LogP contribution in [0.3, 0.4) is 0 Å². The fourth-order valence-electron chi connectivity index (χ4n) is 1.41. The first-order valence-corrected chi connectivity index (χ1v) is 7.90. The van der Waals surface area contributed by atoms with Gasteiger partial charge in [-0.1, -0.05) is 0 Å². The first-order valence-electron chi connectivity index (χ1n) is 5.67. The smallest absolute Gasteiger partial charge is 0.336 e. The Balaban J connectivity index is 3.37. The highest BCUT2D eigenvalue weighted by Crippen LogP contribution is 2.26. The second kappa shape index (κ2) is 5.80. The molecule has 1 rings (SSSR count). The fourth-order valence-corrected chi connectivity index (χ4v) is 3.36. The van der Waals surface area contributed by atoms with Crippen LogP contribution < -0.4 is 0 Å². The molecule has 0 saturated heterocycles. The van der Waals surface area contributed by atoms with Gasteiger partial charge in [-0.05, 0) is 48.0 Å². The molecule has 0 unspecified atom stereocenters. The van der Waals surface area contributed by atoms with Crippen LogP contribution in [-0.2, 0) is 10.0 Å². The van der Waals surface area contributed by atoms with Gasteiger partial charge >= 0.3 is 5.97 Å². The van der Waals surface area contributed by atoms with Crippen LogP contribution in [0.4, 0.5) is 0 Å². The number of carboxylic acids is 1. The molecule has 0 aliphatic rings. The van der Waals surface area contributed by atoms with Crippen molar-refractivity contribution in [2.24, 2.45) is 0 Å². The summed E-state index contributed by atoms with van der Waals surface area (Å²) < 4.78 is 26.2. The number of sulfonamides is 1. The van der Waals surface area contributed by atoms with Crippen LogP contribution in [0, 0.1) is 0 Å². The van der Waals surface area contributed by atoms with Gasteiger partial charge in [0.25, 0.3) is 0 Å². The number of nitrogens with zero attached hydrogens (tertiary/aromatic N) is 1. The number of aliphatic hydroxyl groups excluding tert-OH is 1. The van der Waals surface area contributed by atoms with Crippen molar-refractivity contribution in [1.82, 2.24) is 4.31 Å². The lowest BCUT2D eigenvalue weighted by Gasteiger charge is -2.32. The van der Waals surface area contributed by atoms with Crippen molar-refractivity contribution in [2.75, 3.05) is 13.7 Å². The Bertz CT molecular complexity index is 627. The van der Waals surface area contributed by atoms with Crippen molar-refractivity contribution in [1.29, 1.82) is 0 Å². The van der Waals surface area contributed by atoms with E-state index >= 15 is 0 Å². The van der Waals surface area contributed by atoms with E-state index in [0.717, 1.165) is 10.4 Å². The molecule has 0 radical (unpaired) electrons. The van der Waals surface area contributed by atoms with Crippen LogP contribution in [0.25, 0.3) is 0 Å². The number of aliphatic hydroxyl groups is 1. The Kier molecular flexibility index (Phi) is 4.96. The summed E-state index contributed by atoms with van der Waals surface area (Å²) in [6, 6.07) is 3.78. The number of hydrogen-bond donors (Lipinski definition) is 2. The Morgan fingerprint density at radius 3 is 2.40 bits per heavy atom. The highest BCUT2D eigenvalue weighted by atomic mass is 79.9. The lowest BCUT2D eigenvalue weighted by molar-refractivity contribution is 0.0695. The predicted molar refractivity (Wildman–Crippen MR) is 77.2 cm³/mol. The second-order valence-electron chi connectivity index (χ2n) is 4.89. The van der Waals surface area contributed by atoms with E-state index < -0.39 is 21.5 Å². The standard InChI is InChI=1S/C12H16BrNO5S/c1-12(2,7-15)14(3)20(18,19)8-4-5-10(13)9(6-8)11(16)17/h4-6,15H,7H2,1-3H3,(H,16,17). The maximum atomic E-state index is 12.4. The van der Waals surface area contributed by atoms with E-state index in [1.165, 1.54) is 19.2 Å². The third-order valence-electron chi connectivity index (χ3n) is 3.07. The van der Waals surface area contributed by atoms with Gasteiger partial charge in [0.2, 0.25) is 10.0 Å². The molecule has 6 nitrogen and oxygen atoms in total. The summed E-state index contributed by atoms with van der Waals surface area (Å²) in [5, 5.41) is 18.3. The third-order valence-corrected chi connectivity index (χ3v) is 5.82. The lowest BCUT2D eigenvalue weighted by Crippen LogP contribution is -2.47. The van der Waals surface area contributed by atoms with Crippen molar-refractivity contribution in [3.63, 3.8) is 0 Å². The molecular formula is C12H16BrNO5S. The average Bonchev–Trinajstić information content (AvgIpc) is 2.37. The van der Waals surface area contributed by atoms with Gasteiger partial charge < -0.3 is 10.2 Å². The Hall–Kier alpha value is -0.960. The van der Waals surface area contributed by atoms with Gasteiger partial charge in [-0.3, -0.25) is 0 Å². The third kappa shape index (κ3) is 3.20. The van der Waals surface area contributed by atoms with Gasteiger partial charge in [-0.15, -0.1) is 0 Å². The van der Waals surface area contributed by atoms with E-state index in [9.17, 15) is 18.3 Å². The Morgan fingerprint density at radius 2 is 1.95 bits per heavy atom. The molecule has 0 aliphatic carbocycles. The van der Waals surface area contributed by atoms with Gasteiger partial charge in [-0.2, -0.15) is 4.31 Å². The summed E-state index contributed by atoms with van der Waals surface area (Å²) in [7, 11) is -2.55. The molecule has 0 spiro atoms. The SMILES string of the molecule is CN(C(C)(C)CO)S(=O)(=O)c1ccc(Br)c(C(=O)O)c1. The highest BCUT2D eigenvalue weighted by Gasteiger charge is 2.34. The summed E-state index contributed by atoms with van der Waals surface area (Å²) >= 11 is 3.06. The van der Waals surface area contributed by atoms with E-state index in [2.05, 4.69) is 15.9 Å². The molecule has 1 aromatic rings. The van der Waals surface area contributed by atoms with Crippen molar-refractivity contribution in [2.45, 2.75) is 24.3 Å². The predicted octanol–water partition coefficient (Wildman–Crippen LogP) is 1.54. The van der Waals surface area contributed by atoms with Crippen LogP contribution in [0.5, 0.6) is 0 Å². The molecule has 0 amide bonds. The zero-order valence-corrected chi connectivity index (χ0v) is 13.7. The number of carbonyl (C=O) groups is 1. The van der Waals surface area contributed by atoms with Crippen molar-refractivity contribution in [3.05, 3.63) is 28.2 Å². The molecule has 0 saturated carbocycles. The zero-order valence-electron chi connectivity index (χ0n) is 11.3. The summed E-state index contributed by atoms with van der Waals surface area (Å²) in [6.45, 7) is 2.79. The normalized spacial score (nSPS) is 12.7. The van der Waals surface area contributed by atoms with Crippen LogP contribution in [0.15, 0.2) is 27.6 Å². The second-order valence-corrected chi connectivity index (χ2v) is 7.71. The summed E-state index contributed by atoms with van der Waals surface area (Å²) in [6.07, 6.45) is 0. The van der Waals surface area contributed by atoms with E-state index in [4.69, 9.17) is 5.11 Å². The van der Waals surface area contributed by atoms with Crippen molar-refractivity contribution in [3.8, 4) is 0 Å². The highest BCUT2D eigenvalue weighted by molar-refractivity contribution is 9.10. The first kappa shape index (κ1) is 17.1. The van der Waals surface area contributed by atoms with Gasteiger partial charge in [0, 0.05) is 11.5 Å².